The van der Waals surface area contributed by atoms with Gasteiger partial charge in [-0.15, -0.1) is 0 Å². The van der Waals surface area contributed by atoms with Gasteiger partial charge in [0.05, 0.1) is 0 Å². The second kappa shape index (κ2) is 5.52. The third-order valence-corrected chi connectivity index (χ3v) is 3.34. The van der Waals surface area contributed by atoms with Gasteiger partial charge in [0.1, 0.15) is 0 Å². The number of hydrogen-bond donors (Lipinski definition) is 2. The number of hydrogen-bond acceptors (Lipinski definition) is 2. The molecule has 2 atom stereocenters. The molecular weight excluding hydrogens is 236 g/mol. The Hall–Kier alpha value is -1.06. The van der Waals surface area contributed by atoms with Crippen LogP contribution in [0.3, 0.4) is 0 Å². The highest BCUT2D eigenvalue weighted by Gasteiger charge is 2.20. The smallest absolute Gasteiger partial charge is 0.220 e. The van der Waals surface area contributed by atoms with Crippen LogP contribution in [0.1, 0.15) is 31.4 Å². The third-order valence-electron chi connectivity index (χ3n) is 3.10. The van der Waals surface area contributed by atoms with Gasteiger partial charge in [-0.05, 0) is 31.0 Å². The van der Waals surface area contributed by atoms with Crippen molar-refractivity contribution in [3.8, 4) is 0 Å². The maximum absolute atomic E-state index is 11.1. The molecule has 1 aromatic carbocycles. The first-order valence-corrected chi connectivity index (χ1v) is 6.31. The van der Waals surface area contributed by atoms with E-state index in [9.17, 15) is 4.79 Å². The Morgan fingerprint density at radius 3 is 3.06 bits per heavy atom. The minimum Gasteiger partial charge on any atom is -0.352 e. The van der Waals surface area contributed by atoms with Crippen LogP contribution in [0.5, 0.6) is 0 Å². The van der Waals surface area contributed by atoms with Crippen molar-refractivity contribution in [2.24, 2.45) is 0 Å². The molecule has 1 fully saturated rings. The average Bonchev–Trinajstić information content (AvgIpc) is 2.72. The maximum Gasteiger partial charge on any atom is 0.220 e. The van der Waals surface area contributed by atoms with E-state index in [0.717, 1.165) is 18.0 Å². The summed E-state index contributed by atoms with van der Waals surface area (Å²) in [4.78, 5) is 11.1. The minimum absolute atomic E-state index is 0.159. The molecule has 0 saturated carbocycles. The van der Waals surface area contributed by atoms with Crippen molar-refractivity contribution in [2.45, 2.75) is 31.8 Å². The summed E-state index contributed by atoms with van der Waals surface area (Å²) in [5.74, 6) is 0.159. The highest BCUT2D eigenvalue weighted by atomic mass is 35.5. The highest BCUT2D eigenvalue weighted by molar-refractivity contribution is 6.30. The number of rotatable bonds is 4. The van der Waals surface area contributed by atoms with Crippen molar-refractivity contribution in [2.75, 3.05) is 6.54 Å². The van der Waals surface area contributed by atoms with Crippen molar-refractivity contribution in [3.63, 3.8) is 0 Å². The Labute approximate surface area is 107 Å². The first kappa shape index (κ1) is 12.4. The SMILES string of the molecule is CC(NCC1CCC(=O)N1)c1cccc(Cl)c1. The maximum atomic E-state index is 11.1. The molecule has 0 spiro atoms. The van der Waals surface area contributed by atoms with Crippen molar-refractivity contribution in [3.05, 3.63) is 34.9 Å². The molecule has 17 heavy (non-hydrogen) atoms. The Morgan fingerprint density at radius 1 is 1.59 bits per heavy atom. The molecule has 0 radical (unpaired) electrons. The van der Waals surface area contributed by atoms with Crippen LogP contribution in [0, 0.1) is 0 Å². The Morgan fingerprint density at radius 2 is 2.41 bits per heavy atom. The van der Waals surface area contributed by atoms with Crippen molar-refractivity contribution in [1.82, 2.24) is 10.6 Å². The molecule has 2 unspecified atom stereocenters. The fourth-order valence-corrected chi connectivity index (χ4v) is 2.24. The molecule has 0 aliphatic carbocycles. The number of nitrogens with one attached hydrogen (secondary N) is 2. The van der Waals surface area contributed by atoms with E-state index in [0.29, 0.717) is 6.42 Å². The lowest BCUT2D eigenvalue weighted by Crippen LogP contribution is -2.36. The van der Waals surface area contributed by atoms with E-state index in [4.69, 9.17) is 11.6 Å². The Bertz CT molecular complexity index is 408. The first-order chi connectivity index (χ1) is 8.15. The van der Waals surface area contributed by atoms with Crippen LogP contribution in [0.4, 0.5) is 0 Å². The molecule has 1 aromatic rings. The van der Waals surface area contributed by atoms with E-state index >= 15 is 0 Å². The number of benzene rings is 1. The molecule has 1 amide bonds. The van der Waals surface area contributed by atoms with E-state index < -0.39 is 0 Å². The lowest BCUT2D eigenvalue weighted by molar-refractivity contribution is -0.119. The molecule has 4 heteroatoms. The van der Waals surface area contributed by atoms with Crippen molar-refractivity contribution < 1.29 is 4.79 Å². The van der Waals surface area contributed by atoms with Gasteiger partial charge >= 0.3 is 0 Å². The van der Waals surface area contributed by atoms with Gasteiger partial charge in [0.15, 0.2) is 0 Å². The molecule has 1 aliphatic rings. The fraction of sp³-hybridized carbons (Fsp3) is 0.462. The zero-order chi connectivity index (χ0) is 12.3. The van der Waals surface area contributed by atoms with E-state index in [1.165, 1.54) is 5.56 Å². The van der Waals surface area contributed by atoms with Gasteiger partial charge in [-0.3, -0.25) is 4.79 Å². The molecule has 1 heterocycles. The molecule has 92 valence electrons. The summed E-state index contributed by atoms with van der Waals surface area (Å²) in [6, 6.07) is 8.35. The Balaban J connectivity index is 1.85. The van der Waals surface area contributed by atoms with Crippen LogP contribution < -0.4 is 10.6 Å². The zero-order valence-corrected chi connectivity index (χ0v) is 10.6. The number of halogens is 1. The monoisotopic (exact) mass is 252 g/mol. The van der Waals surface area contributed by atoms with Gasteiger partial charge in [0.25, 0.3) is 0 Å². The summed E-state index contributed by atoms with van der Waals surface area (Å²) < 4.78 is 0. The molecule has 2 rings (SSSR count). The van der Waals surface area contributed by atoms with Crippen molar-refractivity contribution >= 4 is 17.5 Å². The second-order valence-corrected chi connectivity index (χ2v) is 4.92. The average molecular weight is 253 g/mol. The van der Waals surface area contributed by atoms with E-state index in [2.05, 4.69) is 23.6 Å². The van der Waals surface area contributed by atoms with Gasteiger partial charge in [0.2, 0.25) is 5.91 Å². The van der Waals surface area contributed by atoms with Gasteiger partial charge in [-0.1, -0.05) is 23.7 Å². The van der Waals surface area contributed by atoms with Gasteiger partial charge in [-0.25, -0.2) is 0 Å². The lowest BCUT2D eigenvalue weighted by Gasteiger charge is -2.17. The van der Waals surface area contributed by atoms with Crippen LogP contribution in [0.15, 0.2) is 24.3 Å². The largest absolute Gasteiger partial charge is 0.352 e. The third kappa shape index (κ3) is 3.45. The fourth-order valence-electron chi connectivity index (χ4n) is 2.04. The summed E-state index contributed by atoms with van der Waals surface area (Å²) in [6.45, 7) is 2.90. The van der Waals surface area contributed by atoms with Crippen LogP contribution in [0.2, 0.25) is 5.02 Å². The molecule has 3 nitrogen and oxygen atoms in total. The van der Waals surface area contributed by atoms with E-state index in [1.54, 1.807) is 0 Å². The van der Waals surface area contributed by atoms with Crippen LogP contribution in [-0.4, -0.2) is 18.5 Å². The summed E-state index contributed by atoms with van der Waals surface area (Å²) >= 11 is 5.95. The van der Waals surface area contributed by atoms with Gasteiger partial charge in [0, 0.05) is 30.1 Å². The number of amides is 1. The molecular formula is C13H17ClN2O. The predicted molar refractivity (Wildman–Crippen MR) is 69.0 cm³/mol. The molecule has 1 aliphatic heterocycles. The highest BCUT2D eigenvalue weighted by Crippen LogP contribution is 2.17. The molecule has 2 N–H and O–H groups in total. The summed E-state index contributed by atoms with van der Waals surface area (Å²) in [5, 5.41) is 7.11. The summed E-state index contributed by atoms with van der Waals surface area (Å²) in [5.41, 5.74) is 1.17. The topological polar surface area (TPSA) is 41.1 Å². The standard InChI is InChI=1S/C13H17ClN2O/c1-9(10-3-2-4-11(14)7-10)15-8-12-5-6-13(17)16-12/h2-4,7,9,12,15H,5-6,8H2,1H3,(H,16,17). The van der Waals surface area contributed by atoms with Crippen molar-refractivity contribution in [1.29, 1.82) is 0 Å². The molecule has 0 bridgehead atoms. The molecule has 1 saturated heterocycles. The van der Waals surface area contributed by atoms with Gasteiger partial charge in [-0.2, -0.15) is 0 Å². The minimum atomic E-state index is 0.159. The van der Waals surface area contributed by atoms with Gasteiger partial charge < -0.3 is 10.6 Å². The normalized spacial score (nSPS) is 21.3. The number of carbonyl (C=O) groups excluding carboxylic acids is 1. The lowest BCUT2D eigenvalue weighted by atomic mass is 10.1. The van der Waals surface area contributed by atoms with E-state index in [-0.39, 0.29) is 18.0 Å². The first-order valence-electron chi connectivity index (χ1n) is 5.93. The summed E-state index contributed by atoms with van der Waals surface area (Å²) in [6.07, 6.45) is 1.58. The van der Waals surface area contributed by atoms with E-state index in [1.807, 2.05) is 18.2 Å². The van der Waals surface area contributed by atoms with Crippen LogP contribution in [0.25, 0.3) is 0 Å². The number of carbonyl (C=O) groups is 1. The van der Waals surface area contributed by atoms with Crippen LogP contribution in [-0.2, 0) is 4.79 Å². The van der Waals surface area contributed by atoms with Crippen LogP contribution >= 0.6 is 11.6 Å². The molecule has 0 aromatic heterocycles. The second-order valence-electron chi connectivity index (χ2n) is 4.49. The zero-order valence-electron chi connectivity index (χ0n) is 9.87. The predicted octanol–water partition coefficient (Wildman–Crippen LogP) is 2.27. The quantitative estimate of drug-likeness (QED) is 0.863. The Kier molecular flexibility index (Phi) is 4.02. The summed E-state index contributed by atoms with van der Waals surface area (Å²) in [7, 11) is 0.